The Bertz CT molecular complexity index is 179. The predicted molar refractivity (Wildman–Crippen MR) is 69.1 cm³/mol. The molecule has 1 saturated heterocycles. The Balaban J connectivity index is 2.57. The van der Waals surface area contributed by atoms with Gasteiger partial charge in [0.25, 0.3) is 0 Å². The van der Waals surface area contributed by atoms with Gasteiger partial charge in [-0.2, -0.15) is 0 Å². The van der Waals surface area contributed by atoms with Gasteiger partial charge in [0.15, 0.2) is 0 Å². The Morgan fingerprint density at radius 3 is 2.50 bits per heavy atom. The van der Waals surface area contributed by atoms with Crippen molar-refractivity contribution >= 4 is 22.6 Å². The summed E-state index contributed by atoms with van der Waals surface area (Å²) in [6, 6.07) is 0. The summed E-state index contributed by atoms with van der Waals surface area (Å²) in [5, 5.41) is 0. The van der Waals surface area contributed by atoms with Crippen LogP contribution in [0.1, 0.15) is 27.2 Å². The van der Waals surface area contributed by atoms with E-state index in [1.807, 2.05) is 7.11 Å². The summed E-state index contributed by atoms with van der Waals surface area (Å²) in [5.74, 6) is 0.749. The number of likely N-dealkylation sites (tertiary alicyclic amines) is 1. The summed E-state index contributed by atoms with van der Waals surface area (Å²) in [4.78, 5) is 2.53. The maximum Gasteiger partial charge on any atom is 0.0734 e. The minimum Gasteiger partial charge on any atom is -0.380 e. The lowest BCUT2D eigenvalue weighted by Gasteiger charge is -2.44. The van der Waals surface area contributed by atoms with Crippen LogP contribution in [-0.4, -0.2) is 41.2 Å². The van der Waals surface area contributed by atoms with E-state index >= 15 is 0 Å². The maximum atomic E-state index is 5.57. The maximum absolute atomic E-state index is 5.57. The molecule has 0 aromatic heterocycles. The van der Waals surface area contributed by atoms with E-state index in [0.29, 0.717) is 6.10 Å². The number of methoxy groups -OCH3 is 1. The second-order valence-electron chi connectivity index (χ2n) is 5.09. The highest BCUT2D eigenvalue weighted by Gasteiger charge is 2.33. The van der Waals surface area contributed by atoms with Gasteiger partial charge in [-0.25, -0.2) is 0 Å². The lowest BCUT2D eigenvalue weighted by atomic mass is 9.92. The average Bonchev–Trinajstić information content (AvgIpc) is 2.15. The van der Waals surface area contributed by atoms with Crippen LogP contribution in [0.15, 0.2) is 0 Å². The third-order valence-corrected chi connectivity index (χ3v) is 4.28. The van der Waals surface area contributed by atoms with E-state index in [9.17, 15) is 0 Å². The van der Waals surface area contributed by atoms with Crippen molar-refractivity contribution in [3.63, 3.8) is 0 Å². The minimum atomic E-state index is 0.285. The summed E-state index contributed by atoms with van der Waals surface area (Å²) in [6.07, 6.45) is 1.71. The molecule has 1 fully saturated rings. The molecule has 1 aliphatic heterocycles. The first-order chi connectivity index (χ1) is 6.49. The lowest BCUT2D eigenvalue weighted by molar-refractivity contribution is -0.0313. The second kappa shape index (κ2) is 5.12. The van der Waals surface area contributed by atoms with Gasteiger partial charge in [0.05, 0.1) is 6.10 Å². The van der Waals surface area contributed by atoms with Crippen LogP contribution in [0.5, 0.6) is 0 Å². The number of halogens is 1. The summed E-state index contributed by atoms with van der Waals surface area (Å²) >= 11 is 2.47. The zero-order valence-corrected chi connectivity index (χ0v) is 11.9. The van der Waals surface area contributed by atoms with Crippen LogP contribution in [0.25, 0.3) is 0 Å². The monoisotopic (exact) mass is 311 g/mol. The highest BCUT2D eigenvalue weighted by molar-refractivity contribution is 14.1. The molecule has 84 valence electrons. The van der Waals surface area contributed by atoms with Gasteiger partial charge < -0.3 is 4.74 Å². The Hall–Kier alpha value is 0.650. The Morgan fingerprint density at radius 2 is 2.07 bits per heavy atom. The molecule has 0 saturated carbocycles. The van der Waals surface area contributed by atoms with Gasteiger partial charge >= 0.3 is 0 Å². The minimum absolute atomic E-state index is 0.285. The number of rotatable bonds is 2. The molecular formula is C11H22INO. The smallest absolute Gasteiger partial charge is 0.0734 e. The van der Waals surface area contributed by atoms with E-state index < -0.39 is 0 Å². The fourth-order valence-electron chi connectivity index (χ4n) is 2.02. The van der Waals surface area contributed by atoms with Crippen molar-refractivity contribution in [1.29, 1.82) is 0 Å². The number of alkyl halides is 1. The van der Waals surface area contributed by atoms with Gasteiger partial charge in [0.2, 0.25) is 0 Å². The summed E-state index contributed by atoms with van der Waals surface area (Å²) in [7, 11) is 1.84. The van der Waals surface area contributed by atoms with Crippen LogP contribution in [0.3, 0.4) is 0 Å². The van der Waals surface area contributed by atoms with Crippen molar-refractivity contribution in [2.45, 2.75) is 38.8 Å². The molecule has 0 spiro atoms. The fourth-order valence-corrected chi connectivity index (χ4v) is 3.03. The summed E-state index contributed by atoms with van der Waals surface area (Å²) < 4.78 is 6.79. The molecule has 1 aliphatic rings. The van der Waals surface area contributed by atoms with E-state index in [1.54, 1.807) is 0 Å². The molecule has 0 N–H and O–H groups in total. The van der Waals surface area contributed by atoms with E-state index in [1.165, 1.54) is 17.4 Å². The molecule has 0 aliphatic carbocycles. The Morgan fingerprint density at radius 1 is 1.43 bits per heavy atom. The van der Waals surface area contributed by atoms with Crippen molar-refractivity contribution in [1.82, 2.24) is 4.90 Å². The molecule has 0 radical (unpaired) electrons. The second-order valence-corrected chi connectivity index (χ2v) is 5.97. The van der Waals surface area contributed by atoms with E-state index in [-0.39, 0.29) is 5.54 Å². The third kappa shape index (κ3) is 3.07. The molecule has 2 atom stereocenters. The normalized spacial score (nSPS) is 30.6. The van der Waals surface area contributed by atoms with Crippen LogP contribution in [0.2, 0.25) is 0 Å². The SMILES string of the molecule is COC1CN(C(C)(C)C)CCC1CI. The first-order valence-electron chi connectivity index (χ1n) is 5.33. The van der Waals surface area contributed by atoms with Crippen LogP contribution in [-0.2, 0) is 4.74 Å². The number of ether oxygens (including phenoxy) is 1. The van der Waals surface area contributed by atoms with Crippen LogP contribution < -0.4 is 0 Å². The van der Waals surface area contributed by atoms with Crippen molar-refractivity contribution in [3.8, 4) is 0 Å². The molecule has 3 heteroatoms. The highest BCUT2D eigenvalue weighted by atomic mass is 127. The van der Waals surface area contributed by atoms with Crippen molar-refractivity contribution < 1.29 is 4.74 Å². The molecule has 0 amide bonds. The summed E-state index contributed by atoms with van der Waals surface area (Å²) in [6.45, 7) is 9.16. The largest absolute Gasteiger partial charge is 0.380 e. The molecule has 2 unspecified atom stereocenters. The summed E-state index contributed by atoms with van der Waals surface area (Å²) in [5.41, 5.74) is 0.285. The van der Waals surface area contributed by atoms with Gasteiger partial charge in [-0.1, -0.05) is 22.6 Å². The molecule has 0 aromatic rings. The first kappa shape index (κ1) is 12.7. The lowest BCUT2D eigenvalue weighted by Crippen LogP contribution is -2.52. The number of nitrogens with zero attached hydrogens (tertiary/aromatic N) is 1. The van der Waals surface area contributed by atoms with Crippen molar-refractivity contribution in [3.05, 3.63) is 0 Å². The molecule has 1 rings (SSSR count). The van der Waals surface area contributed by atoms with E-state index in [4.69, 9.17) is 4.74 Å². The van der Waals surface area contributed by atoms with Crippen molar-refractivity contribution in [2.24, 2.45) is 5.92 Å². The van der Waals surface area contributed by atoms with E-state index in [2.05, 4.69) is 48.3 Å². The quantitative estimate of drug-likeness (QED) is 0.574. The molecule has 0 aromatic carbocycles. The first-order valence-corrected chi connectivity index (χ1v) is 6.85. The predicted octanol–water partition coefficient (Wildman–Crippen LogP) is 2.56. The number of hydrogen-bond donors (Lipinski definition) is 0. The zero-order chi connectivity index (χ0) is 10.8. The fraction of sp³-hybridized carbons (Fsp3) is 1.00. The molecule has 14 heavy (non-hydrogen) atoms. The Kier molecular flexibility index (Phi) is 4.65. The van der Waals surface area contributed by atoms with Crippen LogP contribution in [0.4, 0.5) is 0 Å². The standard InChI is InChI=1S/C11H22INO/c1-11(2,3)13-6-5-9(7-12)10(8-13)14-4/h9-10H,5-8H2,1-4H3. The van der Waals surface area contributed by atoms with Gasteiger partial charge in [-0.15, -0.1) is 0 Å². The number of hydrogen-bond acceptors (Lipinski definition) is 2. The van der Waals surface area contributed by atoms with Crippen molar-refractivity contribution in [2.75, 3.05) is 24.6 Å². The van der Waals surface area contributed by atoms with Gasteiger partial charge in [-0.05, 0) is 39.7 Å². The van der Waals surface area contributed by atoms with Crippen LogP contribution in [0, 0.1) is 5.92 Å². The molecule has 0 bridgehead atoms. The number of piperidine rings is 1. The zero-order valence-electron chi connectivity index (χ0n) is 9.72. The molecule has 1 heterocycles. The molecular weight excluding hydrogens is 289 g/mol. The molecule has 2 nitrogen and oxygen atoms in total. The third-order valence-electron chi connectivity index (χ3n) is 3.15. The Labute approximate surface area is 102 Å². The van der Waals surface area contributed by atoms with Crippen LogP contribution >= 0.6 is 22.6 Å². The topological polar surface area (TPSA) is 12.5 Å². The van der Waals surface area contributed by atoms with Gasteiger partial charge in [-0.3, -0.25) is 4.90 Å². The van der Waals surface area contributed by atoms with Gasteiger partial charge in [0, 0.05) is 23.6 Å². The average molecular weight is 311 g/mol. The highest BCUT2D eigenvalue weighted by Crippen LogP contribution is 2.26. The van der Waals surface area contributed by atoms with Gasteiger partial charge in [0.1, 0.15) is 0 Å². The van der Waals surface area contributed by atoms with E-state index in [0.717, 1.165) is 12.5 Å².